The zero-order chi connectivity index (χ0) is 16.1. The van der Waals surface area contributed by atoms with Gasteiger partial charge >= 0.3 is 11.9 Å². The van der Waals surface area contributed by atoms with Gasteiger partial charge in [-0.3, -0.25) is 14.4 Å². The fourth-order valence-electron chi connectivity index (χ4n) is 1.93. The van der Waals surface area contributed by atoms with Gasteiger partial charge in [-0.2, -0.15) is 0 Å². The first-order chi connectivity index (χ1) is 9.99. The van der Waals surface area contributed by atoms with Crippen LogP contribution >= 0.6 is 0 Å². The Bertz CT molecular complexity index is 319. The van der Waals surface area contributed by atoms with Crippen LogP contribution in [0.4, 0.5) is 0 Å². The molecule has 0 bridgehead atoms. The predicted molar refractivity (Wildman–Crippen MR) is 77.8 cm³/mol. The summed E-state index contributed by atoms with van der Waals surface area (Å²) in [5.74, 6) is -4.11. The summed E-state index contributed by atoms with van der Waals surface area (Å²) in [7, 11) is 0. The van der Waals surface area contributed by atoms with Gasteiger partial charge in [-0.05, 0) is 32.2 Å². The third-order valence-corrected chi connectivity index (χ3v) is 3.20. The highest BCUT2D eigenvalue weighted by Gasteiger charge is 2.24. The molecule has 122 valence electrons. The Kier molecular flexibility index (Phi) is 11.2. The van der Waals surface area contributed by atoms with E-state index in [1.807, 2.05) is 0 Å². The summed E-state index contributed by atoms with van der Waals surface area (Å²) in [5.41, 5.74) is 5.37. The molecule has 7 nitrogen and oxygen atoms in total. The lowest BCUT2D eigenvalue weighted by molar-refractivity contribution is -0.154. The third-order valence-electron chi connectivity index (χ3n) is 3.20. The maximum Gasteiger partial charge on any atom is 0.317 e. The van der Waals surface area contributed by atoms with Crippen LogP contribution in [0.1, 0.15) is 51.4 Å². The molecular weight excluding hydrogens is 276 g/mol. The second-order valence-corrected chi connectivity index (χ2v) is 5.03. The molecule has 0 aliphatic heterocycles. The molecule has 5 N–H and O–H groups in total. The fraction of sp³-hybridized carbons (Fsp3) is 0.786. The van der Waals surface area contributed by atoms with E-state index in [1.165, 1.54) is 0 Å². The number of hydrogen-bond acceptors (Lipinski definition) is 4. The molecule has 0 aromatic heterocycles. The van der Waals surface area contributed by atoms with Crippen LogP contribution in [0.25, 0.3) is 0 Å². The van der Waals surface area contributed by atoms with Crippen LogP contribution in [-0.2, 0) is 14.4 Å². The summed E-state index contributed by atoms with van der Waals surface area (Å²) in [6, 6.07) is 0. The van der Waals surface area contributed by atoms with Crippen molar-refractivity contribution in [2.75, 3.05) is 13.1 Å². The molecule has 0 heterocycles. The van der Waals surface area contributed by atoms with E-state index in [-0.39, 0.29) is 12.3 Å². The number of carboxylic acid groups (broad SMARTS) is 2. The van der Waals surface area contributed by atoms with Gasteiger partial charge in [-0.1, -0.05) is 19.3 Å². The molecule has 0 aliphatic carbocycles. The lowest BCUT2D eigenvalue weighted by Crippen LogP contribution is -2.25. The first-order valence-electron chi connectivity index (χ1n) is 7.41. The molecule has 0 saturated carbocycles. The predicted octanol–water partition coefficient (Wildman–Crippen LogP) is 0.967. The summed E-state index contributed by atoms with van der Waals surface area (Å²) in [4.78, 5) is 32.8. The minimum absolute atomic E-state index is 0.0526. The van der Waals surface area contributed by atoms with Crippen LogP contribution < -0.4 is 11.1 Å². The van der Waals surface area contributed by atoms with Crippen molar-refractivity contribution < 1.29 is 24.6 Å². The third kappa shape index (κ3) is 10.8. The van der Waals surface area contributed by atoms with Gasteiger partial charge < -0.3 is 21.3 Å². The van der Waals surface area contributed by atoms with E-state index in [2.05, 4.69) is 5.32 Å². The van der Waals surface area contributed by atoms with Crippen molar-refractivity contribution in [3.63, 3.8) is 0 Å². The number of carboxylic acids is 2. The van der Waals surface area contributed by atoms with Gasteiger partial charge in [0.2, 0.25) is 5.91 Å². The van der Waals surface area contributed by atoms with Crippen LogP contribution in [-0.4, -0.2) is 41.1 Å². The van der Waals surface area contributed by atoms with Gasteiger partial charge in [0.15, 0.2) is 5.92 Å². The van der Waals surface area contributed by atoms with Gasteiger partial charge in [0.1, 0.15) is 0 Å². The maximum atomic E-state index is 11.5. The van der Waals surface area contributed by atoms with Gasteiger partial charge in [0.05, 0.1) is 0 Å². The van der Waals surface area contributed by atoms with Gasteiger partial charge in [0.25, 0.3) is 0 Å². The second kappa shape index (κ2) is 12.1. The second-order valence-electron chi connectivity index (χ2n) is 5.03. The van der Waals surface area contributed by atoms with Gasteiger partial charge in [0, 0.05) is 13.0 Å². The highest BCUT2D eigenvalue weighted by atomic mass is 16.4. The SMILES string of the molecule is NCCCCCCNC(=O)CCCCC(C(=O)O)C(=O)O. The number of amides is 1. The standard InChI is InChI=1S/C14H26N2O5/c15-9-5-1-2-6-10-16-12(17)8-4-3-7-11(13(18)19)14(20)21/h11H,1-10,15H2,(H,16,17)(H,18,19)(H,20,21). The smallest absolute Gasteiger partial charge is 0.317 e. The first-order valence-corrected chi connectivity index (χ1v) is 7.41. The molecule has 0 aromatic rings. The van der Waals surface area contributed by atoms with Crippen LogP contribution in [0.2, 0.25) is 0 Å². The Labute approximate surface area is 124 Å². The summed E-state index contributed by atoms with van der Waals surface area (Å²) < 4.78 is 0. The van der Waals surface area contributed by atoms with Crippen molar-refractivity contribution >= 4 is 17.8 Å². The summed E-state index contributed by atoms with van der Waals surface area (Å²) >= 11 is 0. The van der Waals surface area contributed by atoms with Gasteiger partial charge in [-0.15, -0.1) is 0 Å². The maximum absolute atomic E-state index is 11.5. The van der Waals surface area contributed by atoms with Crippen molar-refractivity contribution in [1.29, 1.82) is 0 Å². The van der Waals surface area contributed by atoms with E-state index >= 15 is 0 Å². The van der Waals surface area contributed by atoms with Crippen LogP contribution in [0.15, 0.2) is 0 Å². The summed E-state index contributed by atoms with van der Waals surface area (Å²) in [6.07, 6.45) is 5.29. The van der Waals surface area contributed by atoms with E-state index in [0.717, 1.165) is 25.7 Å². The van der Waals surface area contributed by atoms with Crippen LogP contribution in [0.5, 0.6) is 0 Å². The molecule has 0 saturated heterocycles. The molecule has 0 fully saturated rings. The number of unbranched alkanes of at least 4 members (excludes halogenated alkanes) is 4. The quantitative estimate of drug-likeness (QED) is 0.296. The number of carbonyl (C=O) groups excluding carboxylic acids is 1. The Balaban J connectivity index is 3.57. The van der Waals surface area contributed by atoms with Crippen molar-refractivity contribution in [3.8, 4) is 0 Å². The normalized spacial score (nSPS) is 10.6. The van der Waals surface area contributed by atoms with Crippen LogP contribution in [0.3, 0.4) is 0 Å². The van der Waals surface area contributed by atoms with E-state index in [4.69, 9.17) is 15.9 Å². The average molecular weight is 302 g/mol. The Morgan fingerprint density at radius 3 is 2.10 bits per heavy atom. The molecule has 21 heavy (non-hydrogen) atoms. The number of rotatable bonds is 13. The highest BCUT2D eigenvalue weighted by Crippen LogP contribution is 2.10. The first kappa shape index (κ1) is 19.4. The number of carbonyl (C=O) groups is 3. The molecule has 0 unspecified atom stereocenters. The topological polar surface area (TPSA) is 130 Å². The van der Waals surface area contributed by atoms with Crippen molar-refractivity contribution in [2.45, 2.75) is 51.4 Å². The number of aliphatic carboxylic acids is 2. The molecule has 0 radical (unpaired) electrons. The average Bonchev–Trinajstić information content (AvgIpc) is 2.41. The Morgan fingerprint density at radius 2 is 1.52 bits per heavy atom. The lowest BCUT2D eigenvalue weighted by Gasteiger charge is -2.07. The molecule has 0 atom stereocenters. The zero-order valence-corrected chi connectivity index (χ0v) is 12.3. The van der Waals surface area contributed by atoms with Gasteiger partial charge in [-0.25, -0.2) is 0 Å². The fourth-order valence-corrected chi connectivity index (χ4v) is 1.93. The van der Waals surface area contributed by atoms with Crippen LogP contribution in [0, 0.1) is 5.92 Å². The largest absolute Gasteiger partial charge is 0.481 e. The minimum atomic E-state index is -1.38. The molecule has 0 aliphatic rings. The lowest BCUT2D eigenvalue weighted by atomic mass is 10.0. The van der Waals surface area contributed by atoms with E-state index in [9.17, 15) is 14.4 Å². The highest BCUT2D eigenvalue weighted by molar-refractivity contribution is 5.92. The minimum Gasteiger partial charge on any atom is -0.481 e. The number of nitrogens with one attached hydrogen (secondary N) is 1. The molecule has 1 amide bonds. The van der Waals surface area contributed by atoms with Crippen molar-refractivity contribution in [1.82, 2.24) is 5.32 Å². The zero-order valence-electron chi connectivity index (χ0n) is 12.3. The summed E-state index contributed by atoms with van der Waals surface area (Å²) in [6.45, 7) is 1.33. The number of hydrogen-bond donors (Lipinski definition) is 4. The van der Waals surface area contributed by atoms with Crippen molar-refractivity contribution in [2.24, 2.45) is 11.7 Å². The van der Waals surface area contributed by atoms with Crippen molar-refractivity contribution in [3.05, 3.63) is 0 Å². The van der Waals surface area contributed by atoms with E-state index in [1.54, 1.807) is 0 Å². The molecule has 0 aromatic carbocycles. The Morgan fingerprint density at radius 1 is 0.905 bits per heavy atom. The molecule has 0 spiro atoms. The molecule has 7 heteroatoms. The monoisotopic (exact) mass is 302 g/mol. The molecular formula is C14H26N2O5. The summed E-state index contributed by atoms with van der Waals surface area (Å²) in [5, 5.41) is 20.2. The van der Waals surface area contributed by atoms with E-state index in [0.29, 0.717) is 32.4 Å². The van der Waals surface area contributed by atoms with E-state index < -0.39 is 17.9 Å². The Hall–Kier alpha value is -1.63. The molecule has 0 rings (SSSR count). The number of nitrogens with two attached hydrogens (primary N) is 1.